The minimum Gasteiger partial charge on any atom is -0.391 e. The summed E-state index contributed by atoms with van der Waals surface area (Å²) in [5.74, 6) is 0.385. The number of rotatable bonds is 2. The molecule has 0 radical (unpaired) electrons. The number of aromatic nitrogens is 2. The number of carbonyl (C=O) groups is 1. The second kappa shape index (κ2) is 6.34. The van der Waals surface area contributed by atoms with Crippen LogP contribution in [0.1, 0.15) is 0 Å². The fraction of sp³-hybridized carbons (Fsp3) is 0.176. The number of carbonyl (C=O) groups excluding carboxylic acids is 1. The number of aryl methyl sites for hydroxylation is 1. The number of ether oxygens (including phenoxy) is 1. The fourth-order valence-corrected chi connectivity index (χ4v) is 2.92. The average molecular weight is 364 g/mol. The van der Waals surface area contributed by atoms with Crippen molar-refractivity contribution < 1.29 is 9.53 Å². The maximum atomic E-state index is 11.9. The van der Waals surface area contributed by atoms with Gasteiger partial charge in [0.25, 0.3) is 0 Å². The van der Waals surface area contributed by atoms with E-state index in [0.29, 0.717) is 21.4 Å². The van der Waals surface area contributed by atoms with Gasteiger partial charge in [-0.1, -0.05) is 41.4 Å². The van der Waals surface area contributed by atoms with E-state index in [9.17, 15) is 4.79 Å². The van der Waals surface area contributed by atoms with Crippen molar-refractivity contribution in [2.75, 3.05) is 14.1 Å². The number of nitrogens with zero attached hydrogens (tertiary/aromatic N) is 3. The van der Waals surface area contributed by atoms with Crippen LogP contribution in [0.25, 0.3) is 22.0 Å². The van der Waals surface area contributed by atoms with Gasteiger partial charge >= 0.3 is 6.09 Å². The van der Waals surface area contributed by atoms with E-state index in [1.165, 1.54) is 4.90 Å². The molecule has 7 heteroatoms. The van der Waals surface area contributed by atoms with Crippen LogP contribution in [0.15, 0.2) is 36.4 Å². The Kier molecular flexibility index (Phi) is 4.39. The molecule has 3 rings (SSSR count). The molecule has 1 aromatic heterocycles. The molecule has 0 saturated heterocycles. The predicted octanol–water partition coefficient (Wildman–Crippen LogP) is 4.61. The molecule has 2 aromatic carbocycles. The maximum absolute atomic E-state index is 11.9. The van der Waals surface area contributed by atoms with Gasteiger partial charge in [-0.05, 0) is 18.2 Å². The van der Waals surface area contributed by atoms with E-state index in [1.54, 1.807) is 38.0 Å². The highest BCUT2D eigenvalue weighted by Crippen LogP contribution is 2.37. The van der Waals surface area contributed by atoms with Gasteiger partial charge in [-0.15, -0.1) is 0 Å². The fourth-order valence-electron chi connectivity index (χ4n) is 2.41. The third-order valence-electron chi connectivity index (χ3n) is 3.58. The Bertz CT molecular complexity index is 935. The SMILES string of the molecule is CN(C)C(=O)Oc1c2cccc(-c3ccc(Cl)cc3Cl)c2nn1C. The van der Waals surface area contributed by atoms with E-state index < -0.39 is 6.09 Å². The Hall–Kier alpha value is -2.24. The monoisotopic (exact) mass is 363 g/mol. The molecule has 1 heterocycles. The standard InChI is InChI=1S/C17H15Cl2N3O2/c1-21(2)17(23)24-16-13-6-4-5-12(15(13)20-22(16)3)11-8-7-10(18)9-14(11)19/h4-9H,1-3H3. The minimum absolute atomic E-state index is 0.385. The van der Waals surface area contributed by atoms with E-state index in [4.69, 9.17) is 27.9 Å². The zero-order valence-electron chi connectivity index (χ0n) is 13.4. The molecule has 0 aliphatic heterocycles. The summed E-state index contributed by atoms with van der Waals surface area (Å²) in [6, 6.07) is 11.0. The van der Waals surface area contributed by atoms with Gasteiger partial charge in [0.2, 0.25) is 5.88 Å². The smallest absolute Gasteiger partial charge is 0.391 e. The zero-order chi connectivity index (χ0) is 17.4. The number of fused-ring (bicyclic) bond motifs is 1. The Morgan fingerprint density at radius 2 is 1.92 bits per heavy atom. The minimum atomic E-state index is -0.463. The van der Waals surface area contributed by atoms with Crippen molar-refractivity contribution in [3.63, 3.8) is 0 Å². The first-order valence-electron chi connectivity index (χ1n) is 7.18. The van der Waals surface area contributed by atoms with Gasteiger partial charge in [0.05, 0.1) is 5.39 Å². The van der Waals surface area contributed by atoms with Crippen LogP contribution in [-0.4, -0.2) is 34.9 Å². The predicted molar refractivity (Wildman–Crippen MR) is 95.9 cm³/mol. The van der Waals surface area contributed by atoms with E-state index in [1.807, 2.05) is 24.3 Å². The number of halogens is 2. The Morgan fingerprint density at radius 1 is 1.17 bits per heavy atom. The molecule has 0 fully saturated rings. The molecule has 3 aromatic rings. The van der Waals surface area contributed by atoms with Crippen molar-refractivity contribution >= 4 is 40.2 Å². The number of benzene rings is 2. The molecule has 124 valence electrons. The van der Waals surface area contributed by atoms with Crippen LogP contribution in [-0.2, 0) is 7.05 Å². The van der Waals surface area contributed by atoms with Crippen molar-refractivity contribution in [3.8, 4) is 17.0 Å². The molecule has 1 amide bonds. The van der Waals surface area contributed by atoms with Gasteiger partial charge in [-0.25, -0.2) is 9.48 Å². The van der Waals surface area contributed by atoms with Crippen LogP contribution in [0.3, 0.4) is 0 Å². The van der Waals surface area contributed by atoms with Crippen LogP contribution < -0.4 is 4.74 Å². The molecular weight excluding hydrogens is 349 g/mol. The molecule has 0 bridgehead atoms. The molecule has 0 atom stereocenters. The Morgan fingerprint density at radius 3 is 2.58 bits per heavy atom. The summed E-state index contributed by atoms with van der Waals surface area (Å²) in [5.41, 5.74) is 2.36. The molecule has 0 saturated carbocycles. The normalized spacial score (nSPS) is 10.9. The van der Waals surface area contributed by atoms with Gasteiger partial charge < -0.3 is 9.64 Å². The zero-order valence-corrected chi connectivity index (χ0v) is 14.9. The van der Waals surface area contributed by atoms with Crippen molar-refractivity contribution in [1.82, 2.24) is 14.7 Å². The van der Waals surface area contributed by atoms with Crippen LogP contribution >= 0.6 is 23.2 Å². The summed E-state index contributed by atoms with van der Waals surface area (Å²) < 4.78 is 6.97. The molecule has 0 unspecified atom stereocenters. The lowest BCUT2D eigenvalue weighted by Gasteiger charge is -2.10. The molecule has 24 heavy (non-hydrogen) atoms. The first kappa shape index (κ1) is 16.6. The molecule has 0 spiro atoms. The summed E-state index contributed by atoms with van der Waals surface area (Å²) in [7, 11) is 4.98. The van der Waals surface area contributed by atoms with Crippen LogP contribution in [0.2, 0.25) is 10.0 Å². The largest absolute Gasteiger partial charge is 0.416 e. The Balaban J connectivity index is 2.17. The third kappa shape index (κ3) is 2.92. The lowest BCUT2D eigenvalue weighted by molar-refractivity contribution is 0.168. The molecular formula is C17H15Cl2N3O2. The van der Waals surface area contributed by atoms with Gasteiger partial charge in [0.1, 0.15) is 5.52 Å². The maximum Gasteiger partial charge on any atom is 0.416 e. The van der Waals surface area contributed by atoms with Crippen LogP contribution in [0.5, 0.6) is 5.88 Å². The summed E-state index contributed by atoms with van der Waals surface area (Å²) >= 11 is 12.3. The summed E-state index contributed by atoms with van der Waals surface area (Å²) in [6.07, 6.45) is -0.463. The van der Waals surface area contributed by atoms with Crippen LogP contribution in [0.4, 0.5) is 4.79 Å². The second-order valence-corrected chi connectivity index (χ2v) is 6.36. The lowest BCUT2D eigenvalue weighted by Crippen LogP contribution is -2.26. The number of hydrogen-bond donors (Lipinski definition) is 0. The van der Waals surface area contributed by atoms with Crippen LogP contribution in [0, 0.1) is 0 Å². The topological polar surface area (TPSA) is 47.4 Å². The summed E-state index contributed by atoms with van der Waals surface area (Å²) in [6.45, 7) is 0. The van der Waals surface area contributed by atoms with Gasteiger partial charge in [-0.2, -0.15) is 5.10 Å². The van der Waals surface area contributed by atoms with Crippen molar-refractivity contribution in [3.05, 3.63) is 46.4 Å². The molecule has 0 aliphatic carbocycles. The third-order valence-corrected chi connectivity index (χ3v) is 4.13. The van der Waals surface area contributed by atoms with E-state index in [-0.39, 0.29) is 0 Å². The first-order valence-corrected chi connectivity index (χ1v) is 7.94. The van der Waals surface area contributed by atoms with Crippen molar-refractivity contribution in [1.29, 1.82) is 0 Å². The molecule has 0 N–H and O–H groups in total. The van der Waals surface area contributed by atoms with E-state index in [0.717, 1.165) is 16.5 Å². The van der Waals surface area contributed by atoms with Crippen molar-refractivity contribution in [2.45, 2.75) is 0 Å². The van der Waals surface area contributed by atoms with Gasteiger partial charge in [0.15, 0.2) is 0 Å². The van der Waals surface area contributed by atoms with E-state index in [2.05, 4.69) is 5.10 Å². The summed E-state index contributed by atoms with van der Waals surface area (Å²) in [5, 5.41) is 6.33. The molecule has 5 nitrogen and oxygen atoms in total. The van der Waals surface area contributed by atoms with Gasteiger partial charge in [-0.3, -0.25) is 0 Å². The highest BCUT2D eigenvalue weighted by molar-refractivity contribution is 6.36. The van der Waals surface area contributed by atoms with Crippen molar-refractivity contribution in [2.24, 2.45) is 7.05 Å². The Labute approximate surface area is 149 Å². The average Bonchev–Trinajstić information content (AvgIpc) is 2.83. The summed E-state index contributed by atoms with van der Waals surface area (Å²) in [4.78, 5) is 13.2. The highest BCUT2D eigenvalue weighted by atomic mass is 35.5. The second-order valence-electron chi connectivity index (χ2n) is 5.52. The lowest BCUT2D eigenvalue weighted by atomic mass is 10.0. The van der Waals surface area contributed by atoms with Gasteiger partial charge in [0, 0.05) is 42.3 Å². The first-order chi connectivity index (χ1) is 11.4. The van der Waals surface area contributed by atoms with E-state index >= 15 is 0 Å². The molecule has 0 aliphatic rings. The number of hydrogen-bond acceptors (Lipinski definition) is 3. The quantitative estimate of drug-likeness (QED) is 0.667. The number of amides is 1. The highest BCUT2D eigenvalue weighted by Gasteiger charge is 2.18.